The van der Waals surface area contributed by atoms with Crippen LogP contribution >= 0.6 is 0 Å². The van der Waals surface area contributed by atoms with E-state index in [0.29, 0.717) is 12.5 Å². The first-order valence-electron chi connectivity index (χ1n) is 5.91. The fraction of sp³-hybridized carbons (Fsp3) is 0.667. The number of hydrogen-bond acceptors (Lipinski definition) is 3. The Hall–Kier alpha value is -0.960. The van der Waals surface area contributed by atoms with Gasteiger partial charge in [-0.25, -0.2) is 9.97 Å². The van der Waals surface area contributed by atoms with E-state index < -0.39 is 0 Å². The van der Waals surface area contributed by atoms with Crippen molar-refractivity contribution in [3.05, 3.63) is 23.8 Å². The van der Waals surface area contributed by atoms with E-state index in [1.807, 2.05) is 12.4 Å². The second-order valence-electron chi connectivity index (χ2n) is 4.33. The normalized spacial score (nSPS) is 18.7. The lowest BCUT2D eigenvalue weighted by Crippen LogP contribution is -2.05. The average Bonchev–Trinajstić information content (AvgIpc) is 2.58. The Balaban J connectivity index is 2.06. The van der Waals surface area contributed by atoms with Gasteiger partial charge in [-0.3, -0.25) is 0 Å². The van der Waals surface area contributed by atoms with Crippen LogP contribution < -0.4 is 5.73 Å². The second-order valence-corrected chi connectivity index (χ2v) is 4.33. The van der Waals surface area contributed by atoms with Gasteiger partial charge in [-0.2, -0.15) is 0 Å². The van der Waals surface area contributed by atoms with E-state index >= 15 is 0 Å². The summed E-state index contributed by atoms with van der Waals surface area (Å²) in [7, 11) is 0. The van der Waals surface area contributed by atoms with E-state index in [0.717, 1.165) is 5.82 Å². The maximum atomic E-state index is 5.48. The van der Waals surface area contributed by atoms with Gasteiger partial charge in [0.05, 0.1) is 6.54 Å². The van der Waals surface area contributed by atoms with Gasteiger partial charge in [-0.15, -0.1) is 0 Å². The fourth-order valence-electron chi connectivity index (χ4n) is 2.29. The Kier molecular flexibility index (Phi) is 3.67. The third kappa shape index (κ3) is 2.75. The van der Waals surface area contributed by atoms with Crippen LogP contribution in [0.3, 0.4) is 0 Å². The molecular formula is C12H19N3. The van der Waals surface area contributed by atoms with Crippen LogP contribution in [0.15, 0.2) is 12.4 Å². The molecule has 1 heterocycles. The Morgan fingerprint density at radius 3 is 2.20 bits per heavy atom. The molecule has 2 N–H and O–H groups in total. The summed E-state index contributed by atoms with van der Waals surface area (Å²) in [5.41, 5.74) is 6.78. The molecule has 82 valence electrons. The molecule has 0 spiro atoms. The predicted octanol–water partition coefficient (Wildman–Crippen LogP) is 2.37. The van der Waals surface area contributed by atoms with Gasteiger partial charge in [-0.1, -0.05) is 25.7 Å². The minimum atomic E-state index is 0.435. The van der Waals surface area contributed by atoms with Crippen LogP contribution in [0.2, 0.25) is 0 Å². The molecule has 15 heavy (non-hydrogen) atoms. The van der Waals surface area contributed by atoms with E-state index in [4.69, 9.17) is 5.73 Å². The molecule has 1 aliphatic carbocycles. The third-order valence-electron chi connectivity index (χ3n) is 3.23. The van der Waals surface area contributed by atoms with Gasteiger partial charge in [0.15, 0.2) is 0 Å². The van der Waals surface area contributed by atoms with E-state index in [1.165, 1.54) is 44.1 Å². The lowest BCUT2D eigenvalue weighted by Gasteiger charge is -2.13. The molecule has 0 aliphatic heterocycles. The van der Waals surface area contributed by atoms with Crippen LogP contribution in [-0.4, -0.2) is 9.97 Å². The van der Waals surface area contributed by atoms with E-state index in [2.05, 4.69) is 9.97 Å². The molecule has 0 atom stereocenters. The number of nitrogens with zero attached hydrogens (tertiary/aromatic N) is 2. The highest BCUT2D eigenvalue weighted by molar-refractivity contribution is 5.12. The summed E-state index contributed by atoms with van der Waals surface area (Å²) in [5.74, 6) is 1.42. The molecule has 1 aliphatic rings. The standard InChI is InChI=1S/C12H19N3/c13-7-12-14-8-11(9-15-12)10-5-3-1-2-4-6-10/h8-10H,1-7,13H2. The van der Waals surface area contributed by atoms with E-state index in [-0.39, 0.29) is 0 Å². The van der Waals surface area contributed by atoms with Gasteiger partial charge in [0.25, 0.3) is 0 Å². The van der Waals surface area contributed by atoms with Crippen molar-refractivity contribution in [2.45, 2.75) is 51.0 Å². The third-order valence-corrected chi connectivity index (χ3v) is 3.23. The summed E-state index contributed by atoms with van der Waals surface area (Å²) in [5, 5.41) is 0. The molecule has 1 aromatic heterocycles. The minimum Gasteiger partial charge on any atom is -0.324 e. The number of nitrogens with two attached hydrogens (primary N) is 1. The molecule has 1 aromatic rings. The highest BCUT2D eigenvalue weighted by Gasteiger charge is 2.14. The van der Waals surface area contributed by atoms with Crippen molar-refractivity contribution < 1.29 is 0 Å². The zero-order valence-electron chi connectivity index (χ0n) is 9.15. The first-order valence-corrected chi connectivity index (χ1v) is 5.91. The van der Waals surface area contributed by atoms with Crippen LogP contribution in [0.25, 0.3) is 0 Å². The largest absolute Gasteiger partial charge is 0.324 e. The number of aromatic nitrogens is 2. The smallest absolute Gasteiger partial charge is 0.141 e. The van der Waals surface area contributed by atoms with Gasteiger partial charge in [0, 0.05) is 12.4 Å². The van der Waals surface area contributed by atoms with Crippen molar-refractivity contribution in [2.24, 2.45) is 5.73 Å². The Bertz CT molecular complexity index is 286. The number of hydrogen-bond donors (Lipinski definition) is 1. The molecule has 1 fully saturated rings. The van der Waals surface area contributed by atoms with Gasteiger partial charge in [0.1, 0.15) is 5.82 Å². The fourth-order valence-corrected chi connectivity index (χ4v) is 2.29. The highest BCUT2D eigenvalue weighted by atomic mass is 14.9. The van der Waals surface area contributed by atoms with Crippen molar-refractivity contribution >= 4 is 0 Å². The monoisotopic (exact) mass is 205 g/mol. The summed E-state index contributed by atoms with van der Waals surface area (Å²) in [6.45, 7) is 0.435. The second kappa shape index (κ2) is 5.21. The zero-order chi connectivity index (χ0) is 10.5. The van der Waals surface area contributed by atoms with Crippen molar-refractivity contribution in [2.75, 3.05) is 0 Å². The van der Waals surface area contributed by atoms with Crippen LogP contribution in [0.4, 0.5) is 0 Å². The Morgan fingerprint density at radius 2 is 1.67 bits per heavy atom. The summed E-state index contributed by atoms with van der Waals surface area (Å²) in [4.78, 5) is 8.53. The molecule has 1 saturated carbocycles. The SMILES string of the molecule is NCc1ncc(C2CCCCCC2)cn1. The lowest BCUT2D eigenvalue weighted by atomic mass is 9.94. The minimum absolute atomic E-state index is 0.435. The van der Waals surface area contributed by atoms with Crippen LogP contribution in [-0.2, 0) is 6.54 Å². The molecule has 0 amide bonds. The van der Waals surface area contributed by atoms with Crippen molar-refractivity contribution in [3.8, 4) is 0 Å². The summed E-state index contributed by atoms with van der Waals surface area (Å²) >= 11 is 0. The van der Waals surface area contributed by atoms with Gasteiger partial charge < -0.3 is 5.73 Å². The van der Waals surface area contributed by atoms with Crippen LogP contribution in [0.5, 0.6) is 0 Å². The molecule has 0 saturated heterocycles. The maximum absolute atomic E-state index is 5.48. The van der Waals surface area contributed by atoms with E-state index in [9.17, 15) is 0 Å². The first-order chi connectivity index (χ1) is 7.40. The summed E-state index contributed by atoms with van der Waals surface area (Å²) in [6.07, 6.45) is 12.0. The van der Waals surface area contributed by atoms with E-state index in [1.54, 1.807) is 0 Å². The zero-order valence-corrected chi connectivity index (χ0v) is 9.15. The molecule has 2 rings (SSSR count). The molecule has 3 nitrogen and oxygen atoms in total. The molecule has 0 aromatic carbocycles. The molecular weight excluding hydrogens is 186 g/mol. The van der Waals surface area contributed by atoms with Crippen molar-refractivity contribution in [1.82, 2.24) is 9.97 Å². The van der Waals surface area contributed by atoms with Crippen molar-refractivity contribution in [3.63, 3.8) is 0 Å². The molecule has 0 bridgehead atoms. The molecule has 0 unspecified atom stereocenters. The number of rotatable bonds is 2. The predicted molar refractivity (Wildman–Crippen MR) is 60.4 cm³/mol. The molecule has 0 radical (unpaired) electrons. The summed E-state index contributed by atoms with van der Waals surface area (Å²) in [6, 6.07) is 0. The highest BCUT2D eigenvalue weighted by Crippen LogP contribution is 2.30. The van der Waals surface area contributed by atoms with Crippen molar-refractivity contribution in [1.29, 1.82) is 0 Å². The topological polar surface area (TPSA) is 51.8 Å². The Morgan fingerprint density at radius 1 is 1.07 bits per heavy atom. The average molecular weight is 205 g/mol. The van der Waals surface area contributed by atoms with Gasteiger partial charge in [0.2, 0.25) is 0 Å². The first kappa shape index (κ1) is 10.6. The summed E-state index contributed by atoms with van der Waals surface area (Å²) < 4.78 is 0. The van der Waals surface area contributed by atoms with Crippen LogP contribution in [0.1, 0.15) is 55.8 Å². The maximum Gasteiger partial charge on any atom is 0.141 e. The lowest BCUT2D eigenvalue weighted by molar-refractivity contribution is 0.587. The molecule has 3 heteroatoms. The quantitative estimate of drug-likeness (QED) is 0.754. The van der Waals surface area contributed by atoms with Gasteiger partial charge in [-0.05, 0) is 24.3 Å². The van der Waals surface area contributed by atoms with Crippen LogP contribution in [0, 0.1) is 0 Å². The Labute approximate surface area is 91.1 Å². The van der Waals surface area contributed by atoms with Gasteiger partial charge >= 0.3 is 0 Å².